The second kappa shape index (κ2) is 3.82. The van der Waals surface area contributed by atoms with Gasteiger partial charge in [0, 0.05) is 10.00 Å². The molecule has 0 amide bonds. The van der Waals surface area contributed by atoms with Crippen molar-refractivity contribution in [3.63, 3.8) is 0 Å². The molecule has 0 nitrogen and oxygen atoms in total. The van der Waals surface area contributed by atoms with E-state index in [0.717, 1.165) is 0 Å². The molecule has 1 atom stereocenters. The van der Waals surface area contributed by atoms with Crippen molar-refractivity contribution in [2.45, 2.75) is 37.2 Å². The Bertz CT molecular complexity index is 314. The highest BCUT2D eigenvalue weighted by molar-refractivity contribution is 8.77. The van der Waals surface area contributed by atoms with Gasteiger partial charge in [0.15, 0.2) is 0 Å². The molecular weight excluding hydrogens is 208 g/mol. The normalized spacial score (nSPS) is 25.2. The molecule has 0 saturated carbocycles. The standard InChI is InChI=1S/C12H16S2/c1-9-4-6-10(7-5-9)11-8-12(2,3)14-13-11/h4-7,11H,8H2,1-3H3. The average Bonchev–Trinajstić information content (AvgIpc) is 2.47. The zero-order chi connectivity index (χ0) is 10.2. The van der Waals surface area contributed by atoms with Crippen LogP contribution in [0.3, 0.4) is 0 Å². The predicted molar refractivity (Wildman–Crippen MR) is 67.8 cm³/mol. The molecule has 76 valence electrons. The van der Waals surface area contributed by atoms with Gasteiger partial charge < -0.3 is 0 Å². The summed E-state index contributed by atoms with van der Waals surface area (Å²) in [6.45, 7) is 6.81. The van der Waals surface area contributed by atoms with Gasteiger partial charge >= 0.3 is 0 Å². The van der Waals surface area contributed by atoms with Crippen LogP contribution in [0.25, 0.3) is 0 Å². The third-order valence-corrected chi connectivity index (χ3v) is 6.24. The van der Waals surface area contributed by atoms with Gasteiger partial charge in [-0.25, -0.2) is 0 Å². The predicted octanol–water partition coefficient (Wildman–Crippen LogP) is 4.60. The molecule has 1 unspecified atom stereocenters. The minimum absolute atomic E-state index is 0.445. The summed E-state index contributed by atoms with van der Waals surface area (Å²) in [5.41, 5.74) is 2.84. The Morgan fingerprint density at radius 2 is 1.86 bits per heavy atom. The van der Waals surface area contributed by atoms with Gasteiger partial charge in [0.25, 0.3) is 0 Å². The smallest absolute Gasteiger partial charge is 0.0414 e. The Kier molecular flexibility index (Phi) is 2.85. The zero-order valence-electron chi connectivity index (χ0n) is 8.91. The SMILES string of the molecule is Cc1ccc(C2CC(C)(C)SS2)cc1. The van der Waals surface area contributed by atoms with Gasteiger partial charge in [0.1, 0.15) is 0 Å². The van der Waals surface area contributed by atoms with Crippen molar-refractivity contribution >= 4 is 21.6 Å². The van der Waals surface area contributed by atoms with Crippen molar-refractivity contribution in [2.75, 3.05) is 0 Å². The maximum Gasteiger partial charge on any atom is 0.0414 e. The lowest BCUT2D eigenvalue weighted by atomic mass is 10.0. The summed E-state index contributed by atoms with van der Waals surface area (Å²) >= 11 is 0. The summed E-state index contributed by atoms with van der Waals surface area (Å²) in [7, 11) is 4.05. The van der Waals surface area contributed by atoms with E-state index in [2.05, 4.69) is 45.0 Å². The summed E-state index contributed by atoms with van der Waals surface area (Å²) in [5, 5.41) is 0.690. The quantitative estimate of drug-likeness (QED) is 0.639. The Balaban J connectivity index is 2.14. The first-order valence-electron chi connectivity index (χ1n) is 4.98. The van der Waals surface area contributed by atoms with E-state index >= 15 is 0 Å². The highest BCUT2D eigenvalue weighted by Gasteiger charge is 2.33. The lowest BCUT2D eigenvalue weighted by molar-refractivity contribution is 0.645. The van der Waals surface area contributed by atoms with Crippen molar-refractivity contribution < 1.29 is 0 Å². The fourth-order valence-electron chi connectivity index (χ4n) is 1.66. The molecule has 1 aliphatic rings. The minimum atomic E-state index is 0.445. The maximum atomic E-state index is 2.33. The van der Waals surface area contributed by atoms with E-state index in [0.29, 0.717) is 10.00 Å². The van der Waals surface area contributed by atoms with Gasteiger partial charge in [-0.2, -0.15) is 0 Å². The van der Waals surface area contributed by atoms with E-state index in [1.54, 1.807) is 0 Å². The number of hydrogen-bond donors (Lipinski definition) is 0. The van der Waals surface area contributed by atoms with Crippen LogP contribution in [0.1, 0.15) is 36.6 Å². The minimum Gasteiger partial charge on any atom is -0.0872 e. The molecule has 1 aromatic carbocycles. The van der Waals surface area contributed by atoms with Gasteiger partial charge in [-0.05, 0) is 32.8 Å². The topological polar surface area (TPSA) is 0 Å². The van der Waals surface area contributed by atoms with Crippen LogP contribution in [0.15, 0.2) is 24.3 Å². The Labute approximate surface area is 94.3 Å². The van der Waals surface area contributed by atoms with Gasteiger partial charge in [-0.1, -0.05) is 51.4 Å². The van der Waals surface area contributed by atoms with Crippen LogP contribution in [0, 0.1) is 6.92 Å². The molecule has 0 aromatic heterocycles. The molecule has 2 heteroatoms. The summed E-state index contributed by atoms with van der Waals surface area (Å²) in [6, 6.07) is 8.97. The van der Waals surface area contributed by atoms with Crippen molar-refractivity contribution in [1.29, 1.82) is 0 Å². The van der Waals surface area contributed by atoms with Gasteiger partial charge in [0.05, 0.1) is 0 Å². The lowest BCUT2D eigenvalue weighted by Crippen LogP contribution is -2.09. The van der Waals surface area contributed by atoms with Crippen molar-refractivity contribution in [2.24, 2.45) is 0 Å². The highest BCUT2D eigenvalue weighted by atomic mass is 33.1. The van der Waals surface area contributed by atoms with Gasteiger partial charge in [0.2, 0.25) is 0 Å². The van der Waals surface area contributed by atoms with E-state index in [1.165, 1.54) is 17.5 Å². The first-order chi connectivity index (χ1) is 6.57. The van der Waals surface area contributed by atoms with E-state index in [9.17, 15) is 0 Å². The van der Waals surface area contributed by atoms with Crippen molar-refractivity contribution in [1.82, 2.24) is 0 Å². The summed E-state index contributed by atoms with van der Waals surface area (Å²) in [6.07, 6.45) is 1.28. The van der Waals surface area contributed by atoms with Crippen molar-refractivity contribution in [3.8, 4) is 0 Å². The summed E-state index contributed by atoms with van der Waals surface area (Å²) < 4.78 is 0.445. The fourth-order valence-corrected chi connectivity index (χ4v) is 5.00. The molecule has 0 bridgehead atoms. The van der Waals surface area contributed by atoms with E-state index < -0.39 is 0 Å². The molecule has 1 aliphatic heterocycles. The van der Waals surface area contributed by atoms with Crippen LogP contribution >= 0.6 is 21.6 Å². The van der Waals surface area contributed by atoms with E-state index in [-0.39, 0.29) is 0 Å². The Hall–Kier alpha value is -0.0800. The fraction of sp³-hybridized carbons (Fsp3) is 0.500. The molecule has 1 aromatic rings. The molecule has 2 rings (SSSR count). The third kappa shape index (κ3) is 2.29. The second-order valence-electron chi connectivity index (χ2n) is 4.54. The van der Waals surface area contributed by atoms with Crippen LogP contribution in [0.4, 0.5) is 0 Å². The van der Waals surface area contributed by atoms with Crippen LogP contribution < -0.4 is 0 Å². The Morgan fingerprint density at radius 3 is 2.36 bits per heavy atom. The number of rotatable bonds is 1. The molecule has 1 saturated heterocycles. The average molecular weight is 224 g/mol. The molecule has 0 radical (unpaired) electrons. The molecule has 0 N–H and O–H groups in total. The summed E-state index contributed by atoms with van der Waals surface area (Å²) in [5.74, 6) is 0. The van der Waals surface area contributed by atoms with Crippen LogP contribution in [-0.4, -0.2) is 4.75 Å². The Morgan fingerprint density at radius 1 is 1.21 bits per heavy atom. The number of aryl methyl sites for hydroxylation is 1. The molecule has 1 fully saturated rings. The molecule has 14 heavy (non-hydrogen) atoms. The molecule has 0 aliphatic carbocycles. The first-order valence-corrected chi connectivity index (χ1v) is 7.19. The van der Waals surface area contributed by atoms with E-state index in [1.807, 2.05) is 21.6 Å². The first kappa shape index (κ1) is 10.4. The monoisotopic (exact) mass is 224 g/mol. The molecular formula is C12H16S2. The lowest BCUT2D eigenvalue weighted by Gasteiger charge is -2.14. The van der Waals surface area contributed by atoms with Crippen LogP contribution in [-0.2, 0) is 0 Å². The van der Waals surface area contributed by atoms with Gasteiger partial charge in [-0.3, -0.25) is 0 Å². The second-order valence-corrected chi connectivity index (χ2v) is 7.65. The highest BCUT2D eigenvalue weighted by Crippen LogP contribution is 2.57. The largest absolute Gasteiger partial charge is 0.0872 e. The zero-order valence-corrected chi connectivity index (χ0v) is 10.5. The third-order valence-electron chi connectivity index (χ3n) is 2.52. The number of benzene rings is 1. The van der Waals surface area contributed by atoms with Crippen LogP contribution in [0.2, 0.25) is 0 Å². The number of hydrogen-bond acceptors (Lipinski definition) is 2. The molecule has 0 spiro atoms. The van der Waals surface area contributed by atoms with E-state index in [4.69, 9.17) is 0 Å². The van der Waals surface area contributed by atoms with Gasteiger partial charge in [-0.15, -0.1) is 0 Å². The van der Waals surface area contributed by atoms with Crippen molar-refractivity contribution in [3.05, 3.63) is 35.4 Å². The summed E-state index contributed by atoms with van der Waals surface area (Å²) in [4.78, 5) is 0. The molecule has 1 heterocycles. The maximum absolute atomic E-state index is 2.33. The van der Waals surface area contributed by atoms with Crippen LogP contribution in [0.5, 0.6) is 0 Å².